The Morgan fingerprint density at radius 3 is 2.88 bits per heavy atom. The van der Waals surface area contributed by atoms with Crippen molar-refractivity contribution in [3.05, 3.63) is 47.5 Å². The first kappa shape index (κ1) is 16.6. The number of aryl methyl sites for hydroxylation is 1. The van der Waals surface area contributed by atoms with E-state index in [0.717, 1.165) is 29.8 Å². The van der Waals surface area contributed by atoms with Crippen molar-refractivity contribution in [2.45, 2.75) is 51.5 Å². The van der Waals surface area contributed by atoms with Crippen molar-refractivity contribution in [3.63, 3.8) is 0 Å². The van der Waals surface area contributed by atoms with Crippen LogP contribution < -0.4 is 0 Å². The number of aromatic hydroxyl groups is 1. The lowest BCUT2D eigenvalue weighted by Crippen LogP contribution is -2.14. The molecule has 1 aromatic heterocycles. The highest BCUT2D eigenvalue weighted by Gasteiger charge is 2.21. The number of phenolic OH excluding ortho intramolecular Hbond substituents is 1. The van der Waals surface area contributed by atoms with Gasteiger partial charge in [-0.25, -0.2) is 4.98 Å². The third kappa shape index (κ3) is 3.96. The zero-order valence-electron chi connectivity index (χ0n) is 14.1. The molecule has 1 heterocycles. The molecule has 1 saturated carbocycles. The number of carbonyl (C=O) groups is 1. The molecule has 0 spiro atoms. The summed E-state index contributed by atoms with van der Waals surface area (Å²) >= 11 is 0. The lowest BCUT2D eigenvalue weighted by molar-refractivity contribution is -0.143. The highest BCUT2D eigenvalue weighted by atomic mass is 16.5. The van der Waals surface area contributed by atoms with Crippen LogP contribution in [-0.2, 0) is 22.5 Å². The third-order valence-corrected chi connectivity index (χ3v) is 4.78. The van der Waals surface area contributed by atoms with Crippen LogP contribution in [0.3, 0.4) is 0 Å². The summed E-state index contributed by atoms with van der Waals surface area (Å²) in [7, 11) is 0. The Balaban J connectivity index is 1.58. The number of esters is 1. The minimum absolute atomic E-state index is 0.224. The number of aromatic nitrogens is 2. The molecule has 0 aliphatic heterocycles. The van der Waals surface area contributed by atoms with E-state index in [0.29, 0.717) is 19.1 Å². The third-order valence-electron chi connectivity index (χ3n) is 4.78. The summed E-state index contributed by atoms with van der Waals surface area (Å²) < 4.78 is 7.33. The topological polar surface area (TPSA) is 64.4 Å². The summed E-state index contributed by atoms with van der Waals surface area (Å²) in [5, 5.41) is 9.78. The number of hydrogen-bond donors (Lipinski definition) is 1. The Kier molecular flexibility index (Phi) is 5.18. The van der Waals surface area contributed by atoms with Crippen LogP contribution in [0.5, 0.6) is 5.75 Å². The zero-order valence-corrected chi connectivity index (χ0v) is 14.1. The number of hydrogen-bond acceptors (Lipinski definition) is 4. The summed E-state index contributed by atoms with van der Waals surface area (Å²) in [5.74, 6) is 1.41. The zero-order chi connectivity index (χ0) is 16.9. The fourth-order valence-electron chi connectivity index (χ4n) is 3.46. The molecule has 1 N–H and O–H groups in total. The maximum atomic E-state index is 12.2. The van der Waals surface area contributed by atoms with Gasteiger partial charge < -0.3 is 14.4 Å². The van der Waals surface area contributed by atoms with E-state index in [4.69, 9.17) is 4.74 Å². The lowest BCUT2D eigenvalue weighted by atomic mass is 9.91. The molecular formula is C19H24N2O3. The van der Waals surface area contributed by atoms with Gasteiger partial charge in [0.05, 0.1) is 13.0 Å². The molecule has 1 aromatic carbocycles. The van der Waals surface area contributed by atoms with Gasteiger partial charge in [-0.3, -0.25) is 4.79 Å². The van der Waals surface area contributed by atoms with Crippen molar-refractivity contribution >= 4 is 5.97 Å². The molecule has 0 saturated heterocycles. The van der Waals surface area contributed by atoms with Crippen LogP contribution in [0.15, 0.2) is 30.6 Å². The number of phenols is 1. The Bertz CT molecular complexity index is 702. The molecule has 1 fully saturated rings. The molecule has 2 aromatic rings. The van der Waals surface area contributed by atoms with Crippen molar-refractivity contribution in [2.75, 3.05) is 6.61 Å². The molecule has 1 aliphatic rings. The SMILES string of the molecule is Cc1nccn1CCOC(=O)Cc1ccc(O)cc1C1CCCC1. The molecule has 128 valence electrons. The van der Waals surface area contributed by atoms with Gasteiger partial charge >= 0.3 is 5.97 Å². The highest BCUT2D eigenvalue weighted by molar-refractivity contribution is 5.73. The summed E-state index contributed by atoms with van der Waals surface area (Å²) in [6.07, 6.45) is 8.57. The van der Waals surface area contributed by atoms with E-state index < -0.39 is 0 Å². The molecule has 0 amide bonds. The Morgan fingerprint density at radius 1 is 1.38 bits per heavy atom. The van der Waals surface area contributed by atoms with Gasteiger partial charge in [0.2, 0.25) is 0 Å². The van der Waals surface area contributed by atoms with Crippen LogP contribution in [0.2, 0.25) is 0 Å². The van der Waals surface area contributed by atoms with Crippen molar-refractivity contribution in [2.24, 2.45) is 0 Å². The van der Waals surface area contributed by atoms with Gasteiger partial charge in [-0.1, -0.05) is 18.9 Å². The van der Waals surface area contributed by atoms with Gasteiger partial charge in [0, 0.05) is 12.4 Å². The molecule has 0 bridgehead atoms. The smallest absolute Gasteiger partial charge is 0.310 e. The molecular weight excluding hydrogens is 304 g/mol. The number of carbonyl (C=O) groups excluding carboxylic acids is 1. The molecule has 3 rings (SSSR count). The van der Waals surface area contributed by atoms with Crippen LogP contribution in [0.4, 0.5) is 0 Å². The molecule has 1 aliphatic carbocycles. The van der Waals surface area contributed by atoms with E-state index in [1.165, 1.54) is 12.8 Å². The van der Waals surface area contributed by atoms with Gasteiger partial charge in [-0.05, 0) is 48.9 Å². The van der Waals surface area contributed by atoms with Gasteiger partial charge in [-0.15, -0.1) is 0 Å². The molecule has 0 atom stereocenters. The van der Waals surface area contributed by atoms with Gasteiger partial charge in [-0.2, -0.15) is 0 Å². The number of ether oxygens (including phenoxy) is 1. The molecule has 0 unspecified atom stereocenters. The number of benzene rings is 1. The average molecular weight is 328 g/mol. The van der Waals surface area contributed by atoms with Crippen LogP contribution in [0.25, 0.3) is 0 Å². The first-order chi connectivity index (χ1) is 11.6. The van der Waals surface area contributed by atoms with E-state index in [2.05, 4.69) is 4.98 Å². The molecule has 0 radical (unpaired) electrons. The van der Waals surface area contributed by atoms with Gasteiger partial charge in [0.15, 0.2) is 0 Å². The van der Waals surface area contributed by atoms with Crippen molar-refractivity contribution < 1.29 is 14.6 Å². The number of nitrogens with zero attached hydrogens (tertiary/aromatic N) is 2. The van der Waals surface area contributed by atoms with Gasteiger partial charge in [0.25, 0.3) is 0 Å². The normalized spacial score (nSPS) is 14.9. The van der Waals surface area contributed by atoms with E-state index in [9.17, 15) is 9.90 Å². The largest absolute Gasteiger partial charge is 0.508 e. The maximum absolute atomic E-state index is 12.2. The molecule has 24 heavy (non-hydrogen) atoms. The number of imidazole rings is 1. The average Bonchev–Trinajstić information content (AvgIpc) is 3.21. The summed E-state index contributed by atoms with van der Waals surface area (Å²) in [6.45, 7) is 2.88. The Morgan fingerprint density at radius 2 is 2.17 bits per heavy atom. The Hall–Kier alpha value is -2.30. The second-order valence-corrected chi connectivity index (χ2v) is 6.43. The minimum atomic E-state index is -0.224. The highest BCUT2D eigenvalue weighted by Crippen LogP contribution is 2.37. The summed E-state index contributed by atoms with van der Waals surface area (Å²) in [5.41, 5.74) is 2.08. The van der Waals surface area contributed by atoms with Crippen LogP contribution in [0.1, 0.15) is 48.6 Å². The van der Waals surface area contributed by atoms with Crippen LogP contribution in [-0.4, -0.2) is 27.2 Å². The second kappa shape index (κ2) is 7.51. The second-order valence-electron chi connectivity index (χ2n) is 6.43. The monoisotopic (exact) mass is 328 g/mol. The lowest BCUT2D eigenvalue weighted by Gasteiger charge is -2.15. The van der Waals surface area contributed by atoms with E-state index in [1.54, 1.807) is 12.3 Å². The maximum Gasteiger partial charge on any atom is 0.310 e. The van der Waals surface area contributed by atoms with Crippen molar-refractivity contribution in [1.82, 2.24) is 9.55 Å². The summed E-state index contributed by atoms with van der Waals surface area (Å²) in [6, 6.07) is 5.31. The molecule has 5 nitrogen and oxygen atoms in total. The standard InChI is InChI=1S/C19H24N2O3/c1-14-20-8-9-21(14)10-11-24-19(23)12-16-6-7-17(22)13-18(16)15-4-2-3-5-15/h6-9,13,15,22H,2-5,10-12H2,1H3. The predicted molar refractivity (Wildman–Crippen MR) is 90.9 cm³/mol. The fourth-order valence-corrected chi connectivity index (χ4v) is 3.46. The van der Waals surface area contributed by atoms with E-state index in [-0.39, 0.29) is 18.1 Å². The van der Waals surface area contributed by atoms with Crippen molar-refractivity contribution in [1.29, 1.82) is 0 Å². The van der Waals surface area contributed by atoms with E-state index >= 15 is 0 Å². The van der Waals surface area contributed by atoms with E-state index in [1.807, 2.05) is 29.8 Å². The first-order valence-electron chi connectivity index (χ1n) is 8.58. The van der Waals surface area contributed by atoms with Gasteiger partial charge in [0.1, 0.15) is 18.2 Å². The number of rotatable bonds is 6. The quantitative estimate of drug-likeness (QED) is 0.826. The fraction of sp³-hybridized carbons (Fsp3) is 0.474. The van der Waals surface area contributed by atoms with Crippen LogP contribution >= 0.6 is 0 Å². The molecule has 5 heteroatoms. The van der Waals surface area contributed by atoms with Crippen molar-refractivity contribution in [3.8, 4) is 5.75 Å². The predicted octanol–water partition coefficient (Wildman–Crippen LogP) is 3.34. The minimum Gasteiger partial charge on any atom is -0.508 e. The Labute approximate surface area is 142 Å². The summed E-state index contributed by atoms with van der Waals surface area (Å²) in [4.78, 5) is 16.3. The van der Waals surface area contributed by atoms with Crippen LogP contribution in [0, 0.1) is 6.92 Å². The first-order valence-corrected chi connectivity index (χ1v) is 8.58.